The van der Waals surface area contributed by atoms with Gasteiger partial charge in [-0.3, -0.25) is 9.59 Å². The number of carbonyl (C=O) groups is 2. The van der Waals surface area contributed by atoms with Gasteiger partial charge in [0.1, 0.15) is 13.2 Å². The lowest BCUT2D eigenvalue weighted by atomic mass is 10.0. The third-order valence-electron chi connectivity index (χ3n) is 4.34. The molecule has 6 nitrogen and oxygen atoms in total. The van der Waals surface area contributed by atoms with Gasteiger partial charge in [-0.25, -0.2) is 0 Å². The van der Waals surface area contributed by atoms with Crippen molar-refractivity contribution in [3.8, 4) is 11.5 Å². The van der Waals surface area contributed by atoms with Crippen molar-refractivity contribution in [3.63, 3.8) is 0 Å². The fraction of sp³-hybridized carbons (Fsp3) is 0.136. The summed E-state index contributed by atoms with van der Waals surface area (Å²) >= 11 is 0. The number of nitrogens with one attached hydrogen (secondary N) is 1. The van der Waals surface area contributed by atoms with Crippen LogP contribution in [0.15, 0.2) is 73.1 Å². The van der Waals surface area contributed by atoms with Crippen molar-refractivity contribution >= 4 is 17.4 Å². The van der Waals surface area contributed by atoms with Gasteiger partial charge in [0, 0.05) is 35.0 Å². The summed E-state index contributed by atoms with van der Waals surface area (Å²) in [5.41, 5.74) is 1.86. The molecule has 3 aromatic rings. The molecule has 1 aliphatic heterocycles. The summed E-state index contributed by atoms with van der Waals surface area (Å²) in [5, 5.41) is 2.84. The van der Waals surface area contributed by atoms with E-state index in [1.807, 2.05) is 18.2 Å². The lowest BCUT2D eigenvalue weighted by Gasteiger charge is -2.18. The molecule has 140 valence electrons. The average molecular weight is 375 g/mol. The second-order valence-electron chi connectivity index (χ2n) is 6.36. The maximum atomic E-state index is 12.4. The number of pyridine rings is 1. The smallest absolute Gasteiger partial charge is 0.290 e. The number of aromatic nitrogens is 1. The molecule has 0 radical (unpaired) electrons. The zero-order valence-corrected chi connectivity index (χ0v) is 15.1. The summed E-state index contributed by atoms with van der Waals surface area (Å²) < 4.78 is 12.7. The molecule has 28 heavy (non-hydrogen) atoms. The van der Waals surface area contributed by atoms with Crippen LogP contribution in [0.4, 0.5) is 5.69 Å². The number of hydrogen-bond donors (Lipinski definition) is 1. The van der Waals surface area contributed by atoms with Gasteiger partial charge in [-0.05, 0) is 12.1 Å². The average Bonchev–Trinajstić information content (AvgIpc) is 2.74. The first-order valence-electron chi connectivity index (χ1n) is 8.97. The monoisotopic (exact) mass is 375 g/mol. The minimum absolute atomic E-state index is 0.0477. The highest BCUT2D eigenvalue weighted by molar-refractivity contribution is 6.08. The highest BCUT2D eigenvalue weighted by Gasteiger charge is 2.15. The van der Waals surface area contributed by atoms with Gasteiger partial charge in [-0.15, -0.1) is 0 Å². The van der Waals surface area contributed by atoms with Crippen LogP contribution >= 0.6 is 0 Å². The van der Waals surface area contributed by atoms with Gasteiger partial charge in [-0.1, -0.05) is 30.3 Å². The first kappa shape index (κ1) is 17.7. The maximum absolute atomic E-state index is 12.4. The van der Waals surface area contributed by atoms with Crippen LogP contribution in [0.3, 0.4) is 0 Å². The van der Waals surface area contributed by atoms with Gasteiger partial charge in [-0.2, -0.15) is 4.57 Å². The molecular weight excluding hydrogens is 356 g/mol. The largest absolute Gasteiger partial charge is 0.486 e. The summed E-state index contributed by atoms with van der Waals surface area (Å²) in [6.07, 6.45) is 3.44. The van der Waals surface area contributed by atoms with Crippen LogP contribution in [0, 0.1) is 0 Å². The molecule has 2 aromatic carbocycles. The minimum atomic E-state index is -0.177. The maximum Gasteiger partial charge on any atom is 0.290 e. The van der Waals surface area contributed by atoms with E-state index in [2.05, 4.69) is 5.32 Å². The summed E-state index contributed by atoms with van der Waals surface area (Å²) in [4.78, 5) is 24.7. The second kappa shape index (κ2) is 7.92. The fourth-order valence-electron chi connectivity index (χ4n) is 2.96. The van der Waals surface area contributed by atoms with E-state index in [1.54, 1.807) is 59.4 Å². The van der Waals surface area contributed by atoms with Gasteiger partial charge in [0.25, 0.3) is 5.91 Å². The second-order valence-corrected chi connectivity index (χ2v) is 6.36. The number of carbonyl (C=O) groups excluding carboxylic acids is 2. The number of ketones is 1. The van der Waals surface area contributed by atoms with E-state index in [4.69, 9.17) is 9.47 Å². The molecule has 4 rings (SSSR count). The Morgan fingerprint density at radius 1 is 0.857 bits per heavy atom. The Hall–Kier alpha value is -3.67. The van der Waals surface area contributed by atoms with Crippen molar-refractivity contribution in [2.24, 2.45) is 0 Å². The van der Waals surface area contributed by atoms with Crippen LogP contribution in [-0.4, -0.2) is 24.9 Å². The van der Waals surface area contributed by atoms with Gasteiger partial charge in [0.2, 0.25) is 6.54 Å². The van der Waals surface area contributed by atoms with Gasteiger partial charge in [0.05, 0.1) is 0 Å². The Labute approximate surface area is 162 Å². The van der Waals surface area contributed by atoms with E-state index in [1.165, 1.54) is 0 Å². The van der Waals surface area contributed by atoms with Crippen LogP contribution in [0.25, 0.3) is 0 Å². The van der Waals surface area contributed by atoms with Gasteiger partial charge >= 0.3 is 0 Å². The molecule has 0 atom stereocenters. The number of anilines is 1. The number of rotatable bonds is 5. The third-order valence-corrected chi connectivity index (χ3v) is 4.34. The topological polar surface area (TPSA) is 68.5 Å². The van der Waals surface area contributed by atoms with Crippen molar-refractivity contribution in [2.45, 2.75) is 6.54 Å². The minimum Gasteiger partial charge on any atom is -0.486 e. The molecule has 0 unspecified atom stereocenters. The van der Waals surface area contributed by atoms with Crippen molar-refractivity contribution in [1.29, 1.82) is 0 Å². The molecule has 0 spiro atoms. The van der Waals surface area contributed by atoms with E-state index in [-0.39, 0.29) is 18.2 Å². The summed E-state index contributed by atoms with van der Waals surface area (Å²) in [7, 11) is 0. The summed E-state index contributed by atoms with van der Waals surface area (Å²) in [5.74, 6) is 1.08. The fourth-order valence-corrected chi connectivity index (χ4v) is 2.96. The lowest BCUT2D eigenvalue weighted by molar-refractivity contribution is -0.684. The lowest BCUT2D eigenvalue weighted by Crippen LogP contribution is -2.39. The van der Waals surface area contributed by atoms with Gasteiger partial charge < -0.3 is 14.8 Å². The molecule has 6 heteroatoms. The molecular formula is C22H19N2O4+. The molecule has 0 aliphatic carbocycles. The Kier molecular flexibility index (Phi) is 5.01. The zero-order valence-electron chi connectivity index (χ0n) is 15.1. The highest BCUT2D eigenvalue weighted by atomic mass is 16.6. The predicted molar refractivity (Wildman–Crippen MR) is 103 cm³/mol. The molecule has 1 aromatic heterocycles. The van der Waals surface area contributed by atoms with Crippen LogP contribution in [0.1, 0.15) is 15.9 Å². The van der Waals surface area contributed by atoms with Crippen LogP contribution in [0.5, 0.6) is 11.5 Å². The Bertz CT molecular complexity index is 1000. The summed E-state index contributed by atoms with van der Waals surface area (Å²) in [6, 6.07) is 17.8. The Morgan fingerprint density at radius 2 is 1.54 bits per heavy atom. The quantitative estimate of drug-likeness (QED) is 0.550. The van der Waals surface area contributed by atoms with E-state index in [0.717, 1.165) is 0 Å². The van der Waals surface area contributed by atoms with Crippen LogP contribution < -0.4 is 19.4 Å². The Morgan fingerprint density at radius 3 is 2.29 bits per heavy atom. The number of benzene rings is 2. The zero-order chi connectivity index (χ0) is 19.3. The Balaban J connectivity index is 1.39. The van der Waals surface area contributed by atoms with Gasteiger partial charge in [0.15, 0.2) is 29.7 Å². The molecule has 1 N–H and O–H groups in total. The molecule has 1 aliphatic rings. The van der Waals surface area contributed by atoms with Crippen LogP contribution in [-0.2, 0) is 11.3 Å². The number of amides is 1. The molecule has 2 heterocycles. The number of fused-ring (bicyclic) bond motifs is 1. The van der Waals surface area contributed by atoms with E-state index < -0.39 is 0 Å². The SMILES string of the molecule is O=C(C[n+]1ccc(C(=O)c2ccccc2)cc1)Nc1ccc2c(c1)OCCO2. The van der Waals surface area contributed by atoms with Crippen molar-refractivity contribution in [2.75, 3.05) is 18.5 Å². The first-order chi connectivity index (χ1) is 13.7. The standard InChI is InChI=1S/C22H18N2O4/c25-21(23-18-6-7-19-20(14-18)28-13-12-27-19)15-24-10-8-17(9-11-24)22(26)16-4-2-1-3-5-16/h1-11,14H,12-13,15H2/p+1. The predicted octanol–water partition coefficient (Wildman–Crippen LogP) is 2.62. The first-order valence-corrected chi connectivity index (χ1v) is 8.97. The number of ether oxygens (including phenoxy) is 2. The molecule has 0 saturated heterocycles. The van der Waals surface area contributed by atoms with E-state index >= 15 is 0 Å². The number of nitrogens with zero attached hydrogens (tertiary/aromatic N) is 1. The van der Waals surface area contributed by atoms with Crippen molar-refractivity contribution in [3.05, 3.63) is 84.2 Å². The normalized spacial score (nSPS) is 12.3. The van der Waals surface area contributed by atoms with Crippen LogP contribution in [0.2, 0.25) is 0 Å². The third kappa shape index (κ3) is 4.01. The molecule has 1 amide bonds. The number of hydrogen-bond acceptors (Lipinski definition) is 4. The molecule has 0 bridgehead atoms. The van der Waals surface area contributed by atoms with Crippen molar-refractivity contribution < 1.29 is 23.6 Å². The summed E-state index contributed by atoms with van der Waals surface area (Å²) in [6.45, 7) is 1.15. The highest BCUT2D eigenvalue weighted by Crippen LogP contribution is 2.32. The molecule has 0 fully saturated rings. The van der Waals surface area contributed by atoms with Crippen molar-refractivity contribution in [1.82, 2.24) is 0 Å². The van der Waals surface area contributed by atoms with E-state index in [9.17, 15) is 9.59 Å². The molecule has 0 saturated carbocycles. The van der Waals surface area contributed by atoms with E-state index in [0.29, 0.717) is 41.5 Å².